The number of carbonyl (C=O) groups excluding carboxylic acids is 2. The smallest absolute Gasteiger partial charge is 0.309 e. The van der Waals surface area contributed by atoms with Crippen molar-refractivity contribution in [2.75, 3.05) is 6.54 Å². The molecule has 2 amide bonds. The van der Waals surface area contributed by atoms with Crippen LogP contribution in [0.5, 0.6) is 0 Å². The van der Waals surface area contributed by atoms with Gasteiger partial charge in [-0.3, -0.25) is 9.59 Å². The molecule has 1 aromatic carbocycles. The second kappa shape index (κ2) is 7.05. The Morgan fingerprint density at radius 3 is 2.30 bits per heavy atom. The predicted octanol–water partition coefficient (Wildman–Crippen LogP) is 1.14. The van der Waals surface area contributed by atoms with Gasteiger partial charge in [-0.25, -0.2) is 0 Å². The molecule has 0 heterocycles. The van der Waals surface area contributed by atoms with E-state index in [-0.39, 0.29) is 6.54 Å². The molecule has 3 N–H and O–H groups in total. The first-order valence-electron chi connectivity index (χ1n) is 6.63. The van der Waals surface area contributed by atoms with Gasteiger partial charge < -0.3 is 15.7 Å². The van der Waals surface area contributed by atoms with Crippen molar-refractivity contribution in [2.45, 2.75) is 38.8 Å². The van der Waals surface area contributed by atoms with Gasteiger partial charge in [0.2, 0.25) is 0 Å². The normalized spacial score (nSPS) is 12.6. The van der Waals surface area contributed by atoms with Crippen molar-refractivity contribution < 1.29 is 14.7 Å². The van der Waals surface area contributed by atoms with Crippen LogP contribution in [0.2, 0.25) is 0 Å². The van der Waals surface area contributed by atoms with Crippen LogP contribution in [0, 0.1) is 0 Å². The lowest BCUT2D eigenvalue weighted by atomic mass is 10.1. The molecule has 0 radical (unpaired) electrons. The van der Waals surface area contributed by atoms with Crippen molar-refractivity contribution in [3.05, 3.63) is 35.9 Å². The van der Waals surface area contributed by atoms with Crippen molar-refractivity contribution in [1.82, 2.24) is 10.6 Å². The second-order valence-electron chi connectivity index (χ2n) is 5.68. The Labute approximate surface area is 119 Å². The van der Waals surface area contributed by atoms with Gasteiger partial charge in [0.05, 0.1) is 6.10 Å². The van der Waals surface area contributed by atoms with E-state index in [1.807, 2.05) is 30.3 Å². The van der Waals surface area contributed by atoms with Gasteiger partial charge in [-0.2, -0.15) is 0 Å². The van der Waals surface area contributed by atoms with Crippen LogP contribution in [-0.4, -0.2) is 29.0 Å². The molecule has 0 saturated carbocycles. The first-order valence-corrected chi connectivity index (χ1v) is 6.63. The summed E-state index contributed by atoms with van der Waals surface area (Å²) in [6.07, 6.45) is -0.291. The zero-order valence-corrected chi connectivity index (χ0v) is 12.1. The minimum Gasteiger partial charge on any atom is -0.388 e. The van der Waals surface area contributed by atoms with E-state index in [1.165, 1.54) is 0 Å². The standard InChI is InChI=1S/C15H22N2O3/c1-15(2,3)17-14(20)13(19)16-10-9-12(18)11-7-5-4-6-8-11/h4-8,12,18H,9-10H2,1-3H3,(H,16,19)(H,17,20). The zero-order chi connectivity index (χ0) is 15.2. The molecule has 110 valence electrons. The molecule has 0 spiro atoms. The van der Waals surface area contributed by atoms with Crippen LogP contribution in [-0.2, 0) is 9.59 Å². The van der Waals surface area contributed by atoms with Gasteiger partial charge in [-0.05, 0) is 32.8 Å². The van der Waals surface area contributed by atoms with E-state index in [2.05, 4.69) is 10.6 Å². The van der Waals surface area contributed by atoms with Crippen LogP contribution < -0.4 is 10.6 Å². The van der Waals surface area contributed by atoms with Crippen molar-refractivity contribution >= 4 is 11.8 Å². The van der Waals surface area contributed by atoms with Crippen LogP contribution in [0.3, 0.4) is 0 Å². The molecule has 0 bridgehead atoms. The third-order valence-corrected chi connectivity index (χ3v) is 2.58. The number of hydrogen-bond acceptors (Lipinski definition) is 3. The Kier molecular flexibility index (Phi) is 5.70. The highest BCUT2D eigenvalue weighted by Gasteiger charge is 2.19. The molecule has 0 aliphatic carbocycles. The molecular weight excluding hydrogens is 256 g/mol. The lowest BCUT2D eigenvalue weighted by Crippen LogP contribution is -2.48. The predicted molar refractivity (Wildman–Crippen MR) is 76.9 cm³/mol. The summed E-state index contributed by atoms with van der Waals surface area (Å²) in [6.45, 7) is 5.65. The van der Waals surface area contributed by atoms with Crippen molar-refractivity contribution in [3.8, 4) is 0 Å². The van der Waals surface area contributed by atoms with Crippen LogP contribution >= 0.6 is 0 Å². The molecule has 0 fully saturated rings. The molecule has 0 aliphatic rings. The third kappa shape index (κ3) is 5.84. The maximum atomic E-state index is 11.5. The van der Waals surface area contributed by atoms with Gasteiger partial charge in [0.1, 0.15) is 0 Å². The summed E-state index contributed by atoms with van der Waals surface area (Å²) in [4.78, 5) is 23.1. The topological polar surface area (TPSA) is 78.4 Å². The second-order valence-corrected chi connectivity index (χ2v) is 5.68. The summed E-state index contributed by atoms with van der Waals surface area (Å²) in [5.41, 5.74) is 0.346. The minimum absolute atomic E-state index is 0.243. The largest absolute Gasteiger partial charge is 0.388 e. The summed E-state index contributed by atoms with van der Waals surface area (Å²) in [7, 11) is 0. The van der Waals surface area contributed by atoms with E-state index in [9.17, 15) is 14.7 Å². The SMILES string of the molecule is CC(C)(C)NC(=O)C(=O)NCCC(O)c1ccccc1. The molecule has 20 heavy (non-hydrogen) atoms. The highest BCUT2D eigenvalue weighted by atomic mass is 16.3. The molecule has 1 rings (SSSR count). The molecule has 1 unspecified atom stereocenters. The maximum Gasteiger partial charge on any atom is 0.309 e. The van der Waals surface area contributed by atoms with Crippen LogP contribution in [0.25, 0.3) is 0 Å². The number of rotatable bonds is 4. The zero-order valence-electron chi connectivity index (χ0n) is 12.1. The van der Waals surface area contributed by atoms with Gasteiger partial charge in [0.15, 0.2) is 0 Å². The van der Waals surface area contributed by atoms with Gasteiger partial charge in [-0.15, -0.1) is 0 Å². The lowest BCUT2D eigenvalue weighted by molar-refractivity contribution is -0.140. The lowest BCUT2D eigenvalue weighted by Gasteiger charge is -2.20. The van der Waals surface area contributed by atoms with E-state index in [0.717, 1.165) is 5.56 Å². The van der Waals surface area contributed by atoms with Gasteiger partial charge in [-0.1, -0.05) is 30.3 Å². The van der Waals surface area contributed by atoms with Crippen LogP contribution in [0.15, 0.2) is 30.3 Å². The average molecular weight is 278 g/mol. The number of hydrogen-bond donors (Lipinski definition) is 3. The van der Waals surface area contributed by atoms with Gasteiger partial charge in [0, 0.05) is 12.1 Å². The summed E-state index contributed by atoms with van der Waals surface area (Å²) in [5, 5.41) is 15.0. The van der Waals surface area contributed by atoms with E-state index in [4.69, 9.17) is 0 Å². The monoisotopic (exact) mass is 278 g/mol. The summed E-state index contributed by atoms with van der Waals surface area (Å²) in [5.74, 6) is -1.34. The Morgan fingerprint density at radius 1 is 1.15 bits per heavy atom. The Bertz CT molecular complexity index is 452. The molecule has 0 aliphatic heterocycles. The minimum atomic E-state index is -0.680. The number of carbonyl (C=O) groups is 2. The first-order chi connectivity index (χ1) is 9.29. The van der Waals surface area contributed by atoms with Crippen molar-refractivity contribution in [1.29, 1.82) is 0 Å². The van der Waals surface area contributed by atoms with Gasteiger partial charge in [0.25, 0.3) is 0 Å². The Hall–Kier alpha value is -1.88. The maximum absolute atomic E-state index is 11.5. The van der Waals surface area contributed by atoms with Crippen molar-refractivity contribution in [3.63, 3.8) is 0 Å². The highest BCUT2D eigenvalue weighted by Crippen LogP contribution is 2.14. The van der Waals surface area contributed by atoms with Crippen molar-refractivity contribution in [2.24, 2.45) is 0 Å². The first kappa shape index (κ1) is 16.2. The highest BCUT2D eigenvalue weighted by molar-refractivity contribution is 6.35. The number of amides is 2. The number of aliphatic hydroxyl groups excluding tert-OH is 1. The quantitative estimate of drug-likeness (QED) is 0.723. The fourth-order valence-electron chi connectivity index (χ4n) is 1.64. The fraction of sp³-hybridized carbons (Fsp3) is 0.467. The van der Waals surface area contributed by atoms with E-state index >= 15 is 0 Å². The van der Waals surface area contributed by atoms with E-state index in [1.54, 1.807) is 20.8 Å². The van der Waals surface area contributed by atoms with Gasteiger partial charge >= 0.3 is 11.8 Å². The number of aliphatic hydroxyl groups is 1. The number of benzene rings is 1. The molecule has 1 aromatic rings. The Balaban J connectivity index is 2.34. The third-order valence-electron chi connectivity index (χ3n) is 2.58. The molecular formula is C15H22N2O3. The van der Waals surface area contributed by atoms with E-state index in [0.29, 0.717) is 6.42 Å². The summed E-state index contributed by atoms with van der Waals surface area (Å²) >= 11 is 0. The summed E-state index contributed by atoms with van der Waals surface area (Å²) < 4.78 is 0. The molecule has 5 heteroatoms. The molecule has 0 aromatic heterocycles. The molecule has 1 atom stereocenters. The fourth-order valence-corrected chi connectivity index (χ4v) is 1.64. The van der Waals surface area contributed by atoms with E-state index < -0.39 is 23.5 Å². The van der Waals surface area contributed by atoms with Crippen LogP contribution in [0.4, 0.5) is 0 Å². The number of nitrogens with one attached hydrogen (secondary N) is 2. The molecule has 0 saturated heterocycles. The summed E-state index contributed by atoms with van der Waals surface area (Å²) in [6, 6.07) is 9.19. The Morgan fingerprint density at radius 2 is 1.75 bits per heavy atom. The average Bonchev–Trinajstić information content (AvgIpc) is 2.37. The van der Waals surface area contributed by atoms with Crippen LogP contribution in [0.1, 0.15) is 38.9 Å². The molecule has 5 nitrogen and oxygen atoms in total.